The van der Waals surface area contributed by atoms with Gasteiger partial charge in [0.15, 0.2) is 17.7 Å². The topological polar surface area (TPSA) is 186 Å². The SMILES string of the molecule is Nc1nc(Cl)nc2c1ncn2[C@@H]1O[C@H](COP(=O)(O)O)[C@@H](O)[C@H]1O. The van der Waals surface area contributed by atoms with Crippen molar-refractivity contribution in [3.8, 4) is 0 Å². The Labute approximate surface area is 139 Å². The Balaban J connectivity index is 1.89. The maximum Gasteiger partial charge on any atom is 0.469 e. The fourth-order valence-electron chi connectivity index (χ4n) is 2.36. The van der Waals surface area contributed by atoms with Crippen molar-refractivity contribution in [1.29, 1.82) is 0 Å². The van der Waals surface area contributed by atoms with Gasteiger partial charge in [-0.15, -0.1) is 0 Å². The van der Waals surface area contributed by atoms with Crippen LogP contribution in [0.15, 0.2) is 6.33 Å². The van der Waals surface area contributed by atoms with Crippen LogP contribution >= 0.6 is 19.4 Å². The number of hydrogen-bond acceptors (Lipinski definition) is 9. The maximum absolute atomic E-state index is 10.7. The number of rotatable bonds is 4. The zero-order chi connectivity index (χ0) is 17.6. The number of halogens is 1. The molecule has 4 atom stereocenters. The highest BCUT2D eigenvalue weighted by Gasteiger charge is 2.45. The predicted octanol–water partition coefficient (Wildman–Crippen LogP) is -1.21. The zero-order valence-electron chi connectivity index (χ0n) is 11.8. The number of phosphoric acid groups is 1. The second kappa shape index (κ2) is 6.17. The Kier molecular flexibility index (Phi) is 4.49. The van der Waals surface area contributed by atoms with Crippen molar-refractivity contribution < 1.29 is 33.8 Å². The Hall–Kier alpha value is -1.37. The van der Waals surface area contributed by atoms with Gasteiger partial charge in [-0.25, -0.2) is 9.55 Å². The first kappa shape index (κ1) is 17.5. The van der Waals surface area contributed by atoms with E-state index < -0.39 is 39.0 Å². The van der Waals surface area contributed by atoms with Gasteiger partial charge in [0.2, 0.25) is 5.28 Å². The molecule has 0 aliphatic carbocycles. The number of nitrogens with zero attached hydrogens (tertiary/aromatic N) is 4. The molecule has 132 valence electrons. The normalized spacial score (nSPS) is 27.9. The van der Waals surface area contributed by atoms with Crippen LogP contribution in [0.3, 0.4) is 0 Å². The summed E-state index contributed by atoms with van der Waals surface area (Å²) >= 11 is 5.75. The number of ether oxygens (including phenoxy) is 1. The second-order valence-electron chi connectivity index (χ2n) is 5.03. The third kappa shape index (κ3) is 3.23. The molecule has 0 unspecified atom stereocenters. The number of fused-ring (bicyclic) bond motifs is 1. The summed E-state index contributed by atoms with van der Waals surface area (Å²) < 4.78 is 21.8. The molecule has 0 spiro atoms. The molecule has 3 heterocycles. The molecule has 0 radical (unpaired) electrons. The molecule has 0 saturated carbocycles. The Morgan fingerprint density at radius 2 is 2.08 bits per heavy atom. The lowest BCUT2D eigenvalue weighted by molar-refractivity contribution is -0.0504. The van der Waals surface area contributed by atoms with E-state index in [1.54, 1.807) is 0 Å². The summed E-state index contributed by atoms with van der Waals surface area (Å²) in [5, 5.41) is 20.0. The van der Waals surface area contributed by atoms with Crippen LogP contribution in [0.1, 0.15) is 6.23 Å². The summed E-state index contributed by atoms with van der Waals surface area (Å²) in [7, 11) is -4.74. The number of aliphatic hydroxyl groups is 2. The molecule has 3 rings (SSSR count). The first-order chi connectivity index (χ1) is 11.2. The molecule has 0 bridgehead atoms. The summed E-state index contributed by atoms with van der Waals surface area (Å²) in [6.07, 6.45) is -3.93. The molecule has 1 saturated heterocycles. The molecule has 0 aromatic carbocycles. The fraction of sp³-hybridized carbons (Fsp3) is 0.500. The molecule has 12 nitrogen and oxygen atoms in total. The third-order valence-electron chi connectivity index (χ3n) is 3.44. The number of nitrogen functional groups attached to an aromatic ring is 1. The van der Waals surface area contributed by atoms with Crippen molar-refractivity contribution in [2.75, 3.05) is 12.3 Å². The number of imidazole rings is 1. The van der Waals surface area contributed by atoms with E-state index in [0.717, 1.165) is 0 Å². The van der Waals surface area contributed by atoms with Gasteiger partial charge in [-0.2, -0.15) is 9.97 Å². The standard InChI is InChI=1S/C10H13ClN5O7P/c11-10-14-7(12)4-8(15-10)16(2-13-4)9-6(18)5(17)3(23-9)1-22-24(19,20)21/h2-3,5-6,9,17-18H,1H2,(H2,12,14,15)(H2,19,20,21)/t3-,5-,6-,9-/m1/s1. The van der Waals surface area contributed by atoms with Gasteiger partial charge in [0.25, 0.3) is 0 Å². The molecule has 14 heteroatoms. The smallest absolute Gasteiger partial charge is 0.387 e. The summed E-state index contributed by atoms with van der Waals surface area (Å²) in [5.41, 5.74) is 6.07. The molecule has 1 aliphatic rings. The molecule has 0 amide bonds. The highest BCUT2D eigenvalue weighted by molar-refractivity contribution is 7.46. The van der Waals surface area contributed by atoms with Crippen molar-refractivity contribution in [2.24, 2.45) is 0 Å². The minimum Gasteiger partial charge on any atom is -0.387 e. The monoisotopic (exact) mass is 381 g/mol. The van der Waals surface area contributed by atoms with Crippen molar-refractivity contribution in [3.05, 3.63) is 11.6 Å². The van der Waals surface area contributed by atoms with Crippen LogP contribution in [-0.4, -0.2) is 64.4 Å². The lowest BCUT2D eigenvalue weighted by Gasteiger charge is -2.16. The van der Waals surface area contributed by atoms with E-state index in [9.17, 15) is 14.8 Å². The minimum atomic E-state index is -4.74. The van der Waals surface area contributed by atoms with E-state index >= 15 is 0 Å². The zero-order valence-corrected chi connectivity index (χ0v) is 13.4. The third-order valence-corrected chi connectivity index (χ3v) is 4.09. The molecule has 24 heavy (non-hydrogen) atoms. The predicted molar refractivity (Wildman–Crippen MR) is 78.7 cm³/mol. The highest BCUT2D eigenvalue weighted by atomic mass is 35.5. The van der Waals surface area contributed by atoms with Crippen molar-refractivity contribution in [3.63, 3.8) is 0 Å². The van der Waals surface area contributed by atoms with Crippen molar-refractivity contribution in [2.45, 2.75) is 24.5 Å². The number of aliphatic hydroxyl groups excluding tert-OH is 2. The Bertz CT molecular complexity index is 812. The van der Waals surface area contributed by atoms with Crippen LogP contribution in [0.4, 0.5) is 5.82 Å². The fourth-order valence-corrected chi connectivity index (χ4v) is 2.88. The van der Waals surface area contributed by atoms with Crippen LogP contribution in [0, 0.1) is 0 Å². The van der Waals surface area contributed by atoms with Crippen molar-refractivity contribution >= 4 is 36.4 Å². The molecule has 6 N–H and O–H groups in total. The van der Waals surface area contributed by atoms with Gasteiger partial charge in [-0.05, 0) is 11.6 Å². The molecular weight excluding hydrogens is 369 g/mol. The van der Waals surface area contributed by atoms with E-state index in [0.29, 0.717) is 0 Å². The van der Waals surface area contributed by atoms with E-state index in [-0.39, 0.29) is 22.3 Å². The average molecular weight is 382 g/mol. The molecular formula is C10H13ClN5O7P. The van der Waals surface area contributed by atoms with Gasteiger partial charge in [0.05, 0.1) is 12.9 Å². The van der Waals surface area contributed by atoms with Crippen LogP contribution in [0.2, 0.25) is 5.28 Å². The summed E-state index contributed by atoms with van der Waals surface area (Å²) in [4.78, 5) is 29.1. The van der Waals surface area contributed by atoms with Gasteiger partial charge < -0.3 is 30.5 Å². The van der Waals surface area contributed by atoms with Crippen LogP contribution in [0.25, 0.3) is 11.2 Å². The van der Waals surface area contributed by atoms with Gasteiger partial charge in [-0.3, -0.25) is 9.09 Å². The number of aromatic nitrogens is 4. The highest BCUT2D eigenvalue weighted by Crippen LogP contribution is 2.38. The van der Waals surface area contributed by atoms with Gasteiger partial charge in [-0.1, -0.05) is 0 Å². The number of anilines is 1. The van der Waals surface area contributed by atoms with E-state index in [1.807, 2.05) is 0 Å². The second-order valence-corrected chi connectivity index (χ2v) is 6.61. The summed E-state index contributed by atoms with van der Waals surface area (Å²) in [5.74, 6) is 0.0261. The largest absolute Gasteiger partial charge is 0.469 e. The summed E-state index contributed by atoms with van der Waals surface area (Å²) in [6, 6.07) is 0. The van der Waals surface area contributed by atoms with Crippen molar-refractivity contribution in [1.82, 2.24) is 19.5 Å². The average Bonchev–Trinajstić information content (AvgIpc) is 3.00. The number of nitrogens with two attached hydrogens (primary N) is 1. The first-order valence-electron chi connectivity index (χ1n) is 6.54. The minimum absolute atomic E-state index is 0.0261. The molecule has 1 fully saturated rings. The molecule has 2 aromatic rings. The molecule has 2 aromatic heterocycles. The van der Waals surface area contributed by atoms with Crippen LogP contribution < -0.4 is 5.73 Å². The van der Waals surface area contributed by atoms with E-state index in [4.69, 9.17) is 31.9 Å². The van der Waals surface area contributed by atoms with Gasteiger partial charge in [0.1, 0.15) is 23.8 Å². The van der Waals surface area contributed by atoms with E-state index in [1.165, 1.54) is 10.9 Å². The van der Waals surface area contributed by atoms with E-state index in [2.05, 4.69) is 19.5 Å². The Morgan fingerprint density at radius 3 is 2.75 bits per heavy atom. The van der Waals surface area contributed by atoms with Gasteiger partial charge >= 0.3 is 7.82 Å². The van der Waals surface area contributed by atoms with Crippen LogP contribution in [-0.2, 0) is 13.8 Å². The number of hydrogen-bond donors (Lipinski definition) is 5. The van der Waals surface area contributed by atoms with Crippen LogP contribution in [0.5, 0.6) is 0 Å². The first-order valence-corrected chi connectivity index (χ1v) is 8.45. The Morgan fingerprint density at radius 1 is 1.38 bits per heavy atom. The maximum atomic E-state index is 10.7. The lowest BCUT2D eigenvalue weighted by Crippen LogP contribution is -2.33. The van der Waals surface area contributed by atoms with Gasteiger partial charge in [0, 0.05) is 0 Å². The molecule has 1 aliphatic heterocycles. The summed E-state index contributed by atoms with van der Waals surface area (Å²) in [6.45, 7) is -0.622. The lowest BCUT2D eigenvalue weighted by atomic mass is 10.1. The number of phosphoric ester groups is 1. The quantitative estimate of drug-likeness (QED) is 0.316.